The van der Waals surface area contributed by atoms with Crippen LogP contribution in [-0.2, 0) is 14.4 Å². The van der Waals surface area contributed by atoms with Gasteiger partial charge in [-0.3, -0.25) is 19.3 Å². The Bertz CT molecular complexity index is 585. The lowest BCUT2D eigenvalue weighted by Gasteiger charge is -2.34. The van der Waals surface area contributed by atoms with Crippen molar-refractivity contribution in [2.24, 2.45) is 11.8 Å². The van der Waals surface area contributed by atoms with E-state index in [1.54, 1.807) is 0 Å². The molecule has 2 saturated carbocycles. The highest BCUT2D eigenvalue weighted by atomic mass is 16.2. The molecule has 0 aromatic rings. The second kappa shape index (κ2) is 7.14. The van der Waals surface area contributed by atoms with E-state index in [0.29, 0.717) is 11.8 Å². The Hall–Kier alpha value is -1.92. The van der Waals surface area contributed by atoms with Crippen LogP contribution >= 0.6 is 0 Å². The number of urea groups is 1. The van der Waals surface area contributed by atoms with Gasteiger partial charge in [-0.05, 0) is 31.1 Å². The van der Waals surface area contributed by atoms with Gasteiger partial charge >= 0.3 is 17.8 Å². The number of nitrogens with zero attached hydrogens (tertiary/aromatic N) is 2. The number of amides is 5. The van der Waals surface area contributed by atoms with Crippen molar-refractivity contribution in [2.45, 2.75) is 70.9 Å². The molecular formula is C18H27N3O4. The van der Waals surface area contributed by atoms with Crippen LogP contribution in [0.3, 0.4) is 0 Å². The van der Waals surface area contributed by atoms with E-state index in [-0.39, 0.29) is 24.5 Å². The zero-order valence-electron chi connectivity index (χ0n) is 15.0. The van der Waals surface area contributed by atoms with Gasteiger partial charge in [-0.2, -0.15) is 0 Å². The number of hydrogen-bond donors (Lipinski definition) is 1. The Labute approximate surface area is 148 Å². The summed E-state index contributed by atoms with van der Waals surface area (Å²) in [7, 11) is 0. The SMILES string of the molecule is C[C@@H]1[C@@H](C)CCC[C@H]1NC(=O)CN1C(=O)C(=O)N(C2CCCC2)C1=O. The summed E-state index contributed by atoms with van der Waals surface area (Å²) in [5.41, 5.74) is 0. The summed E-state index contributed by atoms with van der Waals surface area (Å²) in [6.07, 6.45) is 6.51. The van der Waals surface area contributed by atoms with Crippen LogP contribution in [0.25, 0.3) is 0 Å². The molecule has 0 aromatic heterocycles. The molecule has 138 valence electrons. The maximum atomic E-state index is 12.5. The van der Waals surface area contributed by atoms with Gasteiger partial charge in [0.15, 0.2) is 0 Å². The van der Waals surface area contributed by atoms with E-state index in [4.69, 9.17) is 0 Å². The summed E-state index contributed by atoms with van der Waals surface area (Å²) in [5, 5.41) is 2.95. The molecule has 3 rings (SSSR count). The number of imide groups is 2. The quantitative estimate of drug-likeness (QED) is 0.618. The molecule has 0 aromatic carbocycles. The van der Waals surface area contributed by atoms with Crippen molar-refractivity contribution < 1.29 is 19.2 Å². The molecule has 0 bridgehead atoms. The van der Waals surface area contributed by atoms with Crippen LogP contribution in [0.4, 0.5) is 4.79 Å². The second-order valence-corrected chi connectivity index (χ2v) is 7.73. The molecule has 2 aliphatic carbocycles. The van der Waals surface area contributed by atoms with E-state index in [1.807, 2.05) is 0 Å². The molecule has 7 nitrogen and oxygen atoms in total. The zero-order chi connectivity index (χ0) is 18.1. The Morgan fingerprint density at radius 3 is 2.36 bits per heavy atom. The third-order valence-electron chi connectivity index (χ3n) is 6.13. The Morgan fingerprint density at radius 2 is 1.68 bits per heavy atom. The second-order valence-electron chi connectivity index (χ2n) is 7.73. The van der Waals surface area contributed by atoms with E-state index < -0.39 is 17.8 Å². The molecule has 3 aliphatic rings. The molecule has 5 amide bonds. The fourth-order valence-electron chi connectivity index (χ4n) is 4.33. The fraction of sp³-hybridized carbons (Fsp3) is 0.778. The molecule has 3 fully saturated rings. The maximum absolute atomic E-state index is 12.5. The normalized spacial score (nSPS) is 31.1. The van der Waals surface area contributed by atoms with Crippen LogP contribution in [0.2, 0.25) is 0 Å². The smallest absolute Gasteiger partial charge is 0.334 e. The Morgan fingerprint density at radius 1 is 1.00 bits per heavy atom. The molecule has 0 unspecified atom stereocenters. The number of hydrogen-bond acceptors (Lipinski definition) is 4. The molecule has 1 N–H and O–H groups in total. The first-order valence-electron chi connectivity index (χ1n) is 9.38. The molecular weight excluding hydrogens is 322 g/mol. The van der Waals surface area contributed by atoms with Crippen LogP contribution in [0.1, 0.15) is 58.8 Å². The molecule has 3 atom stereocenters. The van der Waals surface area contributed by atoms with Gasteiger partial charge in [-0.15, -0.1) is 0 Å². The summed E-state index contributed by atoms with van der Waals surface area (Å²) in [4.78, 5) is 51.0. The monoisotopic (exact) mass is 349 g/mol. The summed E-state index contributed by atoms with van der Waals surface area (Å²) in [6, 6.07) is -0.774. The van der Waals surface area contributed by atoms with Gasteiger partial charge in [-0.1, -0.05) is 39.5 Å². The van der Waals surface area contributed by atoms with E-state index in [9.17, 15) is 19.2 Å². The average Bonchev–Trinajstić information content (AvgIpc) is 3.16. The molecule has 0 radical (unpaired) electrons. The first kappa shape index (κ1) is 17.9. The number of rotatable bonds is 4. The van der Waals surface area contributed by atoms with Crippen LogP contribution in [0.5, 0.6) is 0 Å². The van der Waals surface area contributed by atoms with Crippen molar-refractivity contribution in [1.29, 1.82) is 0 Å². The van der Waals surface area contributed by atoms with Crippen LogP contribution in [0.15, 0.2) is 0 Å². The summed E-state index contributed by atoms with van der Waals surface area (Å²) < 4.78 is 0. The lowest BCUT2D eigenvalue weighted by atomic mass is 9.78. The van der Waals surface area contributed by atoms with E-state index in [1.165, 1.54) is 0 Å². The first-order valence-corrected chi connectivity index (χ1v) is 9.38. The summed E-state index contributed by atoms with van der Waals surface area (Å²) in [6.45, 7) is 3.92. The van der Waals surface area contributed by atoms with Crippen molar-refractivity contribution in [3.63, 3.8) is 0 Å². The van der Waals surface area contributed by atoms with Crippen LogP contribution < -0.4 is 5.32 Å². The van der Waals surface area contributed by atoms with Crippen molar-refractivity contribution >= 4 is 23.8 Å². The standard InChI is InChI=1S/C18H27N3O4/c1-11-6-5-9-14(12(11)2)19-15(22)10-20-16(23)17(24)21(18(20)25)13-7-3-4-8-13/h11-14H,3-10H2,1-2H3,(H,19,22)/t11-,12+,14+/m0/s1. The lowest BCUT2D eigenvalue weighted by molar-refractivity contribution is -0.144. The highest BCUT2D eigenvalue weighted by molar-refractivity contribution is 6.45. The molecule has 7 heteroatoms. The van der Waals surface area contributed by atoms with Crippen LogP contribution in [-0.4, -0.2) is 52.2 Å². The van der Waals surface area contributed by atoms with Gasteiger partial charge in [0.1, 0.15) is 6.54 Å². The number of carbonyl (C=O) groups is 4. The predicted octanol–water partition coefficient (Wildman–Crippen LogP) is 1.66. The summed E-state index contributed by atoms with van der Waals surface area (Å²) in [5.74, 6) is -1.14. The van der Waals surface area contributed by atoms with Gasteiger partial charge in [0.25, 0.3) is 0 Å². The minimum absolute atomic E-state index is 0.0608. The molecule has 25 heavy (non-hydrogen) atoms. The average molecular weight is 349 g/mol. The molecule has 1 heterocycles. The third kappa shape index (κ3) is 3.41. The highest BCUT2D eigenvalue weighted by Crippen LogP contribution is 2.30. The minimum Gasteiger partial charge on any atom is -0.352 e. The summed E-state index contributed by atoms with van der Waals surface area (Å²) >= 11 is 0. The van der Waals surface area contributed by atoms with Gasteiger partial charge in [0.2, 0.25) is 5.91 Å². The Kier molecular flexibility index (Phi) is 5.11. The van der Waals surface area contributed by atoms with Crippen LogP contribution in [0, 0.1) is 11.8 Å². The van der Waals surface area contributed by atoms with Gasteiger partial charge in [0.05, 0.1) is 0 Å². The van der Waals surface area contributed by atoms with Gasteiger partial charge in [-0.25, -0.2) is 9.69 Å². The maximum Gasteiger partial charge on any atom is 0.334 e. The number of nitrogens with one attached hydrogen (secondary N) is 1. The van der Waals surface area contributed by atoms with E-state index in [2.05, 4.69) is 19.2 Å². The van der Waals surface area contributed by atoms with Crippen molar-refractivity contribution in [2.75, 3.05) is 6.54 Å². The van der Waals surface area contributed by atoms with Gasteiger partial charge in [0, 0.05) is 12.1 Å². The zero-order valence-corrected chi connectivity index (χ0v) is 15.0. The topological polar surface area (TPSA) is 86.8 Å². The Balaban J connectivity index is 1.61. The minimum atomic E-state index is -0.878. The first-order chi connectivity index (χ1) is 11.9. The van der Waals surface area contributed by atoms with Crippen molar-refractivity contribution in [1.82, 2.24) is 15.1 Å². The predicted molar refractivity (Wildman–Crippen MR) is 90.3 cm³/mol. The molecule has 1 aliphatic heterocycles. The van der Waals surface area contributed by atoms with Crippen molar-refractivity contribution in [3.05, 3.63) is 0 Å². The largest absolute Gasteiger partial charge is 0.352 e. The molecule has 0 spiro atoms. The molecule has 1 saturated heterocycles. The number of carbonyl (C=O) groups excluding carboxylic acids is 4. The third-order valence-corrected chi connectivity index (χ3v) is 6.13. The fourth-order valence-corrected chi connectivity index (χ4v) is 4.33. The highest BCUT2D eigenvalue weighted by Gasteiger charge is 2.48. The lowest BCUT2D eigenvalue weighted by Crippen LogP contribution is -2.48. The van der Waals surface area contributed by atoms with E-state index in [0.717, 1.165) is 54.7 Å². The van der Waals surface area contributed by atoms with Crippen molar-refractivity contribution in [3.8, 4) is 0 Å². The van der Waals surface area contributed by atoms with E-state index >= 15 is 0 Å². The van der Waals surface area contributed by atoms with Gasteiger partial charge < -0.3 is 5.32 Å².